The number of aryl methyl sites for hydroxylation is 1. The number of anilines is 1. The van der Waals surface area contributed by atoms with Crippen LogP contribution < -0.4 is 5.32 Å². The van der Waals surface area contributed by atoms with Crippen LogP contribution in [0.4, 0.5) is 10.5 Å². The zero-order chi connectivity index (χ0) is 17.3. The number of ether oxygens (including phenoxy) is 1. The summed E-state index contributed by atoms with van der Waals surface area (Å²) in [5.74, 6) is -0.980. The average Bonchev–Trinajstić information content (AvgIpc) is 3.00. The second-order valence-corrected chi connectivity index (χ2v) is 5.17. The fourth-order valence-electron chi connectivity index (χ4n) is 2.56. The van der Waals surface area contributed by atoms with E-state index in [2.05, 4.69) is 15.0 Å². The summed E-state index contributed by atoms with van der Waals surface area (Å²) in [6, 6.07) is 10.3. The van der Waals surface area contributed by atoms with Gasteiger partial charge in [-0.2, -0.15) is 0 Å². The van der Waals surface area contributed by atoms with Crippen molar-refractivity contribution in [2.24, 2.45) is 0 Å². The van der Waals surface area contributed by atoms with Crippen LogP contribution in [0.15, 0.2) is 42.6 Å². The first kappa shape index (κ1) is 15.5. The number of nitrogens with zero attached hydrogens (tertiary/aromatic N) is 2. The number of carboxylic acid groups (broad SMARTS) is 1. The number of hydrogen-bond donors (Lipinski definition) is 2. The Labute approximate surface area is 137 Å². The summed E-state index contributed by atoms with van der Waals surface area (Å²) in [4.78, 5) is 26.9. The van der Waals surface area contributed by atoms with E-state index in [1.54, 1.807) is 41.8 Å². The Bertz CT molecular complexity index is 929. The normalized spacial score (nSPS) is 10.6. The standard InChI is InChI=1S/C17H15N3O4/c1-10-13(16(21)22)7-8-15-18-9-14(20(10)15)11-3-5-12(6-4-11)19-17(23)24-2/h3-9H,1-2H3,(H,19,23)(H,21,22). The van der Waals surface area contributed by atoms with E-state index in [9.17, 15) is 14.7 Å². The molecule has 0 atom stereocenters. The molecule has 3 aromatic rings. The van der Waals surface area contributed by atoms with Crippen molar-refractivity contribution in [3.05, 3.63) is 53.9 Å². The van der Waals surface area contributed by atoms with Crippen molar-refractivity contribution in [1.82, 2.24) is 9.38 Å². The van der Waals surface area contributed by atoms with Gasteiger partial charge in [-0.25, -0.2) is 14.6 Å². The van der Waals surface area contributed by atoms with Gasteiger partial charge in [0.1, 0.15) is 5.65 Å². The SMILES string of the molecule is COC(=O)Nc1ccc(-c2cnc3ccc(C(=O)O)c(C)n23)cc1. The minimum Gasteiger partial charge on any atom is -0.478 e. The minimum absolute atomic E-state index is 0.228. The molecule has 0 saturated carbocycles. The molecule has 3 rings (SSSR count). The molecule has 24 heavy (non-hydrogen) atoms. The average molecular weight is 325 g/mol. The van der Waals surface area contributed by atoms with E-state index in [-0.39, 0.29) is 5.56 Å². The summed E-state index contributed by atoms with van der Waals surface area (Å²) in [6.07, 6.45) is 1.15. The highest BCUT2D eigenvalue weighted by atomic mass is 16.5. The third-order valence-corrected chi connectivity index (χ3v) is 3.76. The smallest absolute Gasteiger partial charge is 0.411 e. The van der Waals surface area contributed by atoms with Crippen molar-refractivity contribution in [3.63, 3.8) is 0 Å². The maximum atomic E-state index is 11.3. The molecule has 0 aliphatic rings. The molecule has 122 valence electrons. The van der Waals surface area contributed by atoms with Gasteiger partial charge in [-0.1, -0.05) is 12.1 Å². The number of carboxylic acids is 1. The van der Waals surface area contributed by atoms with E-state index in [1.165, 1.54) is 7.11 Å². The van der Waals surface area contributed by atoms with E-state index in [0.717, 1.165) is 11.3 Å². The Balaban J connectivity index is 2.05. The first-order valence-corrected chi connectivity index (χ1v) is 7.17. The fraction of sp³-hybridized carbons (Fsp3) is 0.118. The van der Waals surface area contributed by atoms with Gasteiger partial charge in [0.2, 0.25) is 0 Å². The summed E-state index contributed by atoms with van der Waals surface area (Å²) in [7, 11) is 1.30. The first-order valence-electron chi connectivity index (χ1n) is 7.17. The van der Waals surface area contributed by atoms with Crippen LogP contribution in [0, 0.1) is 6.92 Å². The van der Waals surface area contributed by atoms with Gasteiger partial charge in [-0.3, -0.25) is 9.72 Å². The number of rotatable bonds is 3. The molecule has 2 heterocycles. The lowest BCUT2D eigenvalue weighted by Gasteiger charge is -2.09. The number of pyridine rings is 1. The summed E-state index contributed by atoms with van der Waals surface area (Å²) in [5.41, 5.74) is 3.72. The fourth-order valence-corrected chi connectivity index (χ4v) is 2.56. The molecule has 0 aliphatic heterocycles. The van der Waals surface area contributed by atoms with Crippen LogP contribution >= 0.6 is 0 Å². The number of aromatic carboxylic acids is 1. The zero-order valence-corrected chi connectivity index (χ0v) is 13.1. The molecule has 0 aliphatic carbocycles. The van der Waals surface area contributed by atoms with Crippen molar-refractivity contribution in [3.8, 4) is 11.3 Å². The van der Waals surface area contributed by atoms with Crippen LogP contribution in [0.5, 0.6) is 0 Å². The van der Waals surface area contributed by atoms with Gasteiger partial charge in [0.25, 0.3) is 0 Å². The lowest BCUT2D eigenvalue weighted by atomic mass is 10.1. The Morgan fingerprint density at radius 3 is 2.50 bits per heavy atom. The number of methoxy groups -OCH3 is 1. The molecule has 2 aromatic heterocycles. The summed E-state index contributed by atoms with van der Waals surface area (Å²) in [6.45, 7) is 1.74. The number of carbonyl (C=O) groups is 2. The highest BCUT2D eigenvalue weighted by molar-refractivity contribution is 5.89. The summed E-state index contributed by atoms with van der Waals surface area (Å²) in [5, 5.41) is 11.9. The molecule has 0 radical (unpaired) electrons. The van der Waals surface area contributed by atoms with Crippen LogP contribution in [0.1, 0.15) is 16.1 Å². The first-order chi connectivity index (χ1) is 11.5. The van der Waals surface area contributed by atoms with Crippen LogP contribution in [0.25, 0.3) is 16.9 Å². The predicted octanol–water partition coefficient (Wildman–Crippen LogP) is 3.19. The second-order valence-electron chi connectivity index (χ2n) is 5.17. The molecule has 1 amide bonds. The van der Waals surface area contributed by atoms with Crippen LogP contribution in [0.3, 0.4) is 0 Å². The van der Waals surface area contributed by atoms with Crippen molar-refractivity contribution in [2.75, 3.05) is 12.4 Å². The molecule has 0 spiro atoms. The third-order valence-electron chi connectivity index (χ3n) is 3.76. The third kappa shape index (κ3) is 2.67. The van der Waals surface area contributed by atoms with Gasteiger partial charge in [0, 0.05) is 16.9 Å². The Hall–Kier alpha value is -3.35. The summed E-state index contributed by atoms with van der Waals surface area (Å²) < 4.78 is 6.34. The van der Waals surface area contributed by atoms with Gasteiger partial charge < -0.3 is 9.84 Å². The van der Waals surface area contributed by atoms with Gasteiger partial charge in [-0.15, -0.1) is 0 Å². The topological polar surface area (TPSA) is 92.9 Å². The van der Waals surface area contributed by atoms with Gasteiger partial charge >= 0.3 is 12.1 Å². The maximum Gasteiger partial charge on any atom is 0.411 e. The maximum absolute atomic E-state index is 11.3. The van der Waals surface area contributed by atoms with Crippen LogP contribution in [-0.2, 0) is 4.74 Å². The van der Waals surface area contributed by atoms with Gasteiger partial charge in [-0.05, 0) is 31.2 Å². The monoisotopic (exact) mass is 325 g/mol. The Morgan fingerprint density at radius 1 is 1.17 bits per heavy atom. The minimum atomic E-state index is -0.980. The van der Waals surface area contributed by atoms with E-state index in [4.69, 9.17) is 0 Å². The molecule has 0 bridgehead atoms. The van der Waals surface area contributed by atoms with E-state index in [1.807, 2.05) is 12.1 Å². The predicted molar refractivity (Wildman–Crippen MR) is 88.4 cm³/mol. The number of amides is 1. The number of benzene rings is 1. The summed E-state index contributed by atoms with van der Waals surface area (Å²) >= 11 is 0. The molecule has 1 aromatic carbocycles. The van der Waals surface area contributed by atoms with Gasteiger partial charge in [0.05, 0.1) is 24.6 Å². The van der Waals surface area contributed by atoms with E-state index in [0.29, 0.717) is 17.0 Å². The number of imidazole rings is 1. The highest BCUT2D eigenvalue weighted by Crippen LogP contribution is 2.25. The lowest BCUT2D eigenvalue weighted by molar-refractivity contribution is 0.0695. The van der Waals surface area contributed by atoms with Crippen LogP contribution in [-0.4, -0.2) is 33.7 Å². The highest BCUT2D eigenvalue weighted by Gasteiger charge is 2.14. The largest absolute Gasteiger partial charge is 0.478 e. The van der Waals surface area contributed by atoms with Crippen molar-refractivity contribution >= 4 is 23.4 Å². The van der Waals surface area contributed by atoms with E-state index >= 15 is 0 Å². The molecule has 0 unspecified atom stereocenters. The Kier molecular flexibility index (Phi) is 3.91. The van der Waals surface area contributed by atoms with Crippen molar-refractivity contribution in [1.29, 1.82) is 0 Å². The number of nitrogens with one attached hydrogen (secondary N) is 1. The second kappa shape index (κ2) is 6.04. The van der Waals surface area contributed by atoms with Crippen molar-refractivity contribution in [2.45, 2.75) is 6.92 Å². The molecule has 2 N–H and O–H groups in total. The Morgan fingerprint density at radius 2 is 1.88 bits per heavy atom. The quantitative estimate of drug-likeness (QED) is 0.771. The zero-order valence-electron chi connectivity index (χ0n) is 13.1. The molecule has 7 heteroatoms. The molecule has 0 saturated heterocycles. The molecule has 0 fully saturated rings. The molecule has 7 nitrogen and oxygen atoms in total. The number of hydrogen-bond acceptors (Lipinski definition) is 4. The van der Waals surface area contributed by atoms with E-state index < -0.39 is 12.1 Å². The number of aromatic nitrogens is 2. The van der Waals surface area contributed by atoms with Crippen molar-refractivity contribution < 1.29 is 19.4 Å². The number of fused-ring (bicyclic) bond motifs is 1. The molecular formula is C17H15N3O4. The van der Waals surface area contributed by atoms with Gasteiger partial charge in [0.15, 0.2) is 0 Å². The number of carbonyl (C=O) groups excluding carboxylic acids is 1. The molecular weight excluding hydrogens is 310 g/mol. The lowest BCUT2D eigenvalue weighted by Crippen LogP contribution is -2.10. The van der Waals surface area contributed by atoms with Crippen LogP contribution in [0.2, 0.25) is 0 Å².